The van der Waals surface area contributed by atoms with Crippen LogP contribution in [0.25, 0.3) is 0 Å². The van der Waals surface area contributed by atoms with Crippen molar-refractivity contribution in [1.82, 2.24) is 10.3 Å². The summed E-state index contributed by atoms with van der Waals surface area (Å²) in [4.78, 5) is 16.2. The molecule has 1 heterocycles. The molecule has 26 heavy (non-hydrogen) atoms. The maximum absolute atomic E-state index is 12.0. The molecule has 0 spiro atoms. The third-order valence-electron chi connectivity index (χ3n) is 3.83. The molecule has 1 unspecified atom stereocenters. The lowest BCUT2D eigenvalue weighted by molar-refractivity contribution is 0.214. The second kappa shape index (κ2) is 9.77. The lowest BCUT2D eigenvalue weighted by atomic mass is 10.0. The van der Waals surface area contributed by atoms with Crippen LogP contribution in [0.4, 0.5) is 10.5 Å². The zero-order valence-electron chi connectivity index (χ0n) is 15.5. The predicted molar refractivity (Wildman–Crippen MR) is 103 cm³/mol. The molecule has 1 atom stereocenters. The minimum atomic E-state index is -0.365. The molecule has 0 aliphatic carbocycles. The molecule has 0 fully saturated rings. The van der Waals surface area contributed by atoms with Crippen LogP contribution in [-0.2, 0) is 6.42 Å². The summed E-state index contributed by atoms with van der Waals surface area (Å²) in [6, 6.07) is 10.6. The van der Waals surface area contributed by atoms with Gasteiger partial charge in [0.05, 0.1) is 24.5 Å². The fourth-order valence-corrected chi connectivity index (χ4v) is 2.56. The first kappa shape index (κ1) is 19.7. The van der Waals surface area contributed by atoms with E-state index in [4.69, 9.17) is 4.74 Å². The van der Waals surface area contributed by atoms with Crippen LogP contribution in [0.1, 0.15) is 32.8 Å². The van der Waals surface area contributed by atoms with Gasteiger partial charge in [-0.15, -0.1) is 0 Å². The average Bonchev–Trinajstić information content (AvgIpc) is 2.62. The number of urea groups is 1. The molecule has 3 N–H and O–H groups in total. The number of rotatable bonds is 8. The van der Waals surface area contributed by atoms with E-state index >= 15 is 0 Å². The van der Waals surface area contributed by atoms with Gasteiger partial charge in [0.15, 0.2) is 0 Å². The second-order valence-corrected chi connectivity index (χ2v) is 6.60. The summed E-state index contributed by atoms with van der Waals surface area (Å²) in [7, 11) is 0. The van der Waals surface area contributed by atoms with Crippen LogP contribution in [0.3, 0.4) is 0 Å². The number of amides is 2. The monoisotopic (exact) mass is 357 g/mol. The van der Waals surface area contributed by atoms with Gasteiger partial charge in [-0.05, 0) is 42.5 Å². The van der Waals surface area contributed by atoms with E-state index in [1.807, 2.05) is 38.1 Å². The van der Waals surface area contributed by atoms with Gasteiger partial charge in [-0.25, -0.2) is 9.78 Å². The predicted octanol–water partition coefficient (Wildman–Crippen LogP) is 3.96. The highest BCUT2D eigenvalue weighted by Crippen LogP contribution is 2.21. The Kier molecular flexibility index (Phi) is 7.41. The van der Waals surface area contributed by atoms with E-state index in [-0.39, 0.29) is 18.7 Å². The quantitative estimate of drug-likeness (QED) is 0.668. The third-order valence-corrected chi connectivity index (χ3v) is 3.83. The molecule has 0 saturated carbocycles. The maximum Gasteiger partial charge on any atom is 0.319 e. The zero-order chi connectivity index (χ0) is 18.9. The molecule has 0 aliphatic rings. The molecular weight excluding hydrogens is 330 g/mol. The van der Waals surface area contributed by atoms with Crippen LogP contribution < -0.4 is 15.4 Å². The smallest absolute Gasteiger partial charge is 0.319 e. The Morgan fingerprint density at radius 2 is 2.08 bits per heavy atom. The van der Waals surface area contributed by atoms with Gasteiger partial charge in [-0.1, -0.05) is 32.9 Å². The molecule has 2 aromatic rings. The number of nitrogens with one attached hydrogen (secondary N) is 2. The summed E-state index contributed by atoms with van der Waals surface area (Å²) in [5.41, 5.74) is 1.75. The summed E-state index contributed by atoms with van der Waals surface area (Å²) in [6.07, 6.45) is 3.19. The Labute approximate surface area is 154 Å². The van der Waals surface area contributed by atoms with E-state index < -0.39 is 0 Å². The molecule has 140 valence electrons. The van der Waals surface area contributed by atoms with Crippen LogP contribution in [-0.4, -0.2) is 28.8 Å². The van der Waals surface area contributed by atoms with E-state index in [0.717, 1.165) is 12.2 Å². The zero-order valence-corrected chi connectivity index (χ0v) is 15.5. The number of ether oxygens (including phenoxy) is 1. The van der Waals surface area contributed by atoms with Crippen molar-refractivity contribution < 1.29 is 14.6 Å². The minimum Gasteiger partial charge on any atom is -0.439 e. The number of aliphatic hydroxyl groups excluding tert-OH is 1. The average molecular weight is 357 g/mol. The Morgan fingerprint density at radius 3 is 2.69 bits per heavy atom. The van der Waals surface area contributed by atoms with Crippen LogP contribution >= 0.6 is 0 Å². The number of benzene rings is 1. The number of nitrogens with zero attached hydrogens (tertiary/aromatic N) is 1. The first-order valence-electron chi connectivity index (χ1n) is 8.91. The van der Waals surface area contributed by atoms with E-state index in [0.29, 0.717) is 23.9 Å². The first-order valence-corrected chi connectivity index (χ1v) is 8.91. The number of anilines is 1. The second-order valence-electron chi connectivity index (χ2n) is 6.60. The van der Waals surface area contributed by atoms with E-state index in [1.54, 1.807) is 12.1 Å². The Bertz CT molecular complexity index is 702. The highest BCUT2D eigenvalue weighted by Gasteiger charge is 2.13. The van der Waals surface area contributed by atoms with Crippen molar-refractivity contribution in [2.75, 3.05) is 11.9 Å². The SMILES string of the molecule is CCc1cccc(Oc2ccc(NC(=O)NC(CO)CC(C)C)cn2)c1. The number of hydrogen-bond donors (Lipinski definition) is 3. The molecule has 2 amide bonds. The molecule has 0 bridgehead atoms. The molecule has 1 aromatic carbocycles. The lowest BCUT2D eigenvalue weighted by Crippen LogP contribution is -2.40. The summed E-state index contributed by atoms with van der Waals surface area (Å²) in [6.45, 7) is 6.08. The Morgan fingerprint density at radius 1 is 1.27 bits per heavy atom. The van der Waals surface area contributed by atoms with Gasteiger partial charge in [0, 0.05) is 6.07 Å². The van der Waals surface area contributed by atoms with Gasteiger partial charge >= 0.3 is 6.03 Å². The van der Waals surface area contributed by atoms with Crippen molar-refractivity contribution in [3.05, 3.63) is 48.2 Å². The van der Waals surface area contributed by atoms with Gasteiger partial charge in [0.2, 0.25) is 5.88 Å². The lowest BCUT2D eigenvalue weighted by Gasteiger charge is -2.18. The molecule has 0 saturated heterocycles. The standard InChI is InChI=1S/C20H27N3O3/c1-4-15-6-5-7-18(11-15)26-19-9-8-16(12-21-19)22-20(25)23-17(13-24)10-14(2)3/h5-9,11-12,14,17,24H,4,10,13H2,1-3H3,(H2,22,23,25). The van der Waals surface area contributed by atoms with Crippen molar-refractivity contribution in [2.24, 2.45) is 5.92 Å². The summed E-state index contributed by atoms with van der Waals surface area (Å²) < 4.78 is 5.73. The Balaban J connectivity index is 1.91. The van der Waals surface area contributed by atoms with E-state index in [9.17, 15) is 9.90 Å². The van der Waals surface area contributed by atoms with Crippen molar-refractivity contribution in [3.8, 4) is 11.6 Å². The number of pyridine rings is 1. The third kappa shape index (κ3) is 6.37. The highest BCUT2D eigenvalue weighted by atomic mass is 16.5. The molecule has 6 heteroatoms. The Hall–Kier alpha value is -2.60. The molecule has 0 radical (unpaired) electrons. The van der Waals surface area contributed by atoms with Crippen LogP contribution in [0.5, 0.6) is 11.6 Å². The highest BCUT2D eigenvalue weighted by molar-refractivity contribution is 5.89. The number of carbonyl (C=O) groups excluding carboxylic acids is 1. The summed E-state index contributed by atoms with van der Waals surface area (Å²) in [5.74, 6) is 1.57. The molecular formula is C20H27N3O3. The van der Waals surface area contributed by atoms with Gasteiger partial charge < -0.3 is 20.5 Å². The van der Waals surface area contributed by atoms with Crippen molar-refractivity contribution in [1.29, 1.82) is 0 Å². The number of aryl methyl sites for hydroxylation is 1. The van der Waals surface area contributed by atoms with Crippen molar-refractivity contribution >= 4 is 11.7 Å². The van der Waals surface area contributed by atoms with Crippen LogP contribution in [0.2, 0.25) is 0 Å². The van der Waals surface area contributed by atoms with Crippen molar-refractivity contribution in [3.63, 3.8) is 0 Å². The van der Waals surface area contributed by atoms with Gasteiger partial charge in [0.25, 0.3) is 0 Å². The van der Waals surface area contributed by atoms with E-state index in [1.165, 1.54) is 11.8 Å². The molecule has 0 aliphatic heterocycles. The van der Waals surface area contributed by atoms with Crippen LogP contribution in [0.15, 0.2) is 42.6 Å². The molecule has 1 aromatic heterocycles. The first-order chi connectivity index (χ1) is 12.5. The van der Waals surface area contributed by atoms with Crippen LogP contribution in [0, 0.1) is 5.92 Å². The topological polar surface area (TPSA) is 83.5 Å². The fourth-order valence-electron chi connectivity index (χ4n) is 2.56. The van der Waals surface area contributed by atoms with E-state index in [2.05, 4.69) is 22.5 Å². The number of aliphatic hydroxyl groups is 1. The normalized spacial score (nSPS) is 11.9. The molecule has 2 rings (SSSR count). The number of carbonyl (C=O) groups is 1. The largest absolute Gasteiger partial charge is 0.439 e. The minimum absolute atomic E-state index is 0.0898. The fraction of sp³-hybridized carbons (Fsp3) is 0.400. The van der Waals surface area contributed by atoms with Crippen molar-refractivity contribution in [2.45, 2.75) is 39.7 Å². The number of aromatic nitrogens is 1. The van der Waals surface area contributed by atoms with Gasteiger partial charge in [-0.2, -0.15) is 0 Å². The maximum atomic E-state index is 12.0. The molecule has 6 nitrogen and oxygen atoms in total. The van der Waals surface area contributed by atoms with Gasteiger partial charge in [-0.3, -0.25) is 0 Å². The summed E-state index contributed by atoms with van der Waals surface area (Å²) in [5, 5.41) is 14.8. The van der Waals surface area contributed by atoms with Gasteiger partial charge in [0.1, 0.15) is 5.75 Å². The number of hydrogen-bond acceptors (Lipinski definition) is 4. The summed E-state index contributed by atoms with van der Waals surface area (Å²) >= 11 is 0.